The highest BCUT2D eigenvalue weighted by Crippen LogP contribution is 2.35. The van der Waals surface area contributed by atoms with Crippen LogP contribution < -0.4 is 0 Å². The number of hydrogen-bond acceptors (Lipinski definition) is 2. The fraction of sp³-hybridized carbons (Fsp3) is 0.143. The van der Waals surface area contributed by atoms with Gasteiger partial charge in [-0.05, 0) is 19.9 Å². The molecule has 0 spiro atoms. The van der Waals surface area contributed by atoms with E-state index in [4.69, 9.17) is 34.8 Å². The van der Waals surface area contributed by atoms with Crippen molar-refractivity contribution in [2.75, 3.05) is 0 Å². The van der Waals surface area contributed by atoms with Crippen molar-refractivity contribution in [2.45, 2.75) is 13.8 Å². The van der Waals surface area contributed by atoms with Crippen LogP contribution in [0.4, 0.5) is 0 Å². The van der Waals surface area contributed by atoms with E-state index in [0.717, 1.165) is 16.8 Å². The number of aromatic nitrogens is 3. The van der Waals surface area contributed by atoms with Crippen molar-refractivity contribution < 1.29 is 0 Å². The number of hydrogen-bond donors (Lipinski definition) is 0. The van der Waals surface area contributed by atoms with E-state index in [2.05, 4.69) is 10.1 Å². The Morgan fingerprint density at radius 1 is 1.05 bits per heavy atom. The second-order valence-electron chi connectivity index (χ2n) is 4.49. The Kier molecular flexibility index (Phi) is 3.36. The summed E-state index contributed by atoms with van der Waals surface area (Å²) in [6, 6.07) is 7.55. The highest BCUT2D eigenvalue weighted by atomic mass is 35.5. The van der Waals surface area contributed by atoms with Crippen molar-refractivity contribution in [1.82, 2.24) is 14.6 Å². The third kappa shape index (κ3) is 1.97. The molecule has 2 aromatic heterocycles. The fourth-order valence-corrected chi connectivity index (χ4v) is 2.81. The monoisotopic (exact) mass is 325 g/mol. The molecule has 0 unspecified atom stereocenters. The van der Waals surface area contributed by atoms with E-state index >= 15 is 0 Å². The van der Waals surface area contributed by atoms with Crippen LogP contribution in [0.3, 0.4) is 0 Å². The van der Waals surface area contributed by atoms with E-state index in [1.165, 1.54) is 0 Å². The van der Waals surface area contributed by atoms with Gasteiger partial charge in [0.15, 0.2) is 5.65 Å². The zero-order valence-corrected chi connectivity index (χ0v) is 13.1. The van der Waals surface area contributed by atoms with E-state index in [9.17, 15) is 0 Å². The Morgan fingerprint density at radius 3 is 2.45 bits per heavy atom. The minimum Gasteiger partial charge on any atom is -0.216 e. The third-order valence-corrected chi connectivity index (χ3v) is 4.33. The molecule has 0 saturated heterocycles. The Morgan fingerprint density at radius 2 is 1.75 bits per heavy atom. The molecule has 0 atom stereocenters. The Labute approximate surface area is 131 Å². The van der Waals surface area contributed by atoms with Gasteiger partial charge in [-0.15, -0.1) is 0 Å². The predicted octanol–water partition coefficient (Wildman–Crippen LogP) is 4.97. The molecule has 3 nitrogen and oxygen atoms in total. The summed E-state index contributed by atoms with van der Waals surface area (Å²) in [5, 5.41) is 5.91. The number of nitrogens with zero attached hydrogens (tertiary/aromatic N) is 3. The van der Waals surface area contributed by atoms with Crippen LogP contribution in [-0.4, -0.2) is 14.6 Å². The number of aryl methyl sites for hydroxylation is 1. The minimum atomic E-state index is 0.371. The van der Waals surface area contributed by atoms with E-state index < -0.39 is 0 Å². The van der Waals surface area contributed by atoms with Gasteiger partial charge in [0.25, 0.3) is 0 Å². The van der Waals surface area contributed by atoms with E-state index in [1.54, 1.807) is 4.52 Å². The first kappa shape index (κ1) is 13.7. The van der Waals surface area contributed by atoms with Crippen molar-refractivity contribution in [3.8, 4) is 11.1 Å². The number of benzene rings is 1. The molecule has 0 aliphatic rings. The van der Waals surface area contributed by atoms with Gasteiger partial charge >= 0.3 is 0 Å². The zero-order chi connectivity index (χ0) is 14.4. The van der Waals surface area contributed by atoms with Crippen LogP contribution in [0.5, 0.6) is 0 Å². The maximum Gasteiger partial charge on any atom is 0.166 e. The molecule has 6 heteroatoms. The van der Waals surface area contributed by atoms with Gasteiger partial charge in [0, 0.05) is 16.1 Å². The van der Waals surface area contributed by atoms with Crippen LogP contribution >= 0.6 is 34.8 Å². The van der Waals surface area contributed by atoms with Gasteiger partial charge in [0.05, 0.1) is 11.3 Å². The normalized spacial score (nSPS) is 11.2. The van der Waals surface area contributed by atoms with E-state index in [-0.39, 0.29) is 0 Å². The summed E-state index contributed by atoms with van der Waals surface area (Å²) in [6.07, 6.45) is 0. The molecule has 0 radical (unpaired) electrons. The maximum absolute atomic E-state index is 6.29. The average Bonchev–Trinajstić information content (AvgIpc) is 2.74. The molecule has 0 saturated carbocycles. The van der Waals surface area contributed by atoms with Crippen molar-refractivity contribution >= 4 is 40.4 Å². The molecule has 0 N–H and O–H groups in total. The van der Waals surface area contributed by atoms with Crippen LogP contribution in [0.15, 0.2) is 24.3 Å². The summed E-state index contributed by atoms with van der Waals surface area (Å²) in [4.78, 5) is 4.40. The summed E-state index contributed by atoms with van der Waals surface area (Å²) in [7, 11) is 0. The first-order valence-electron chi connectivity index (χ1n) is 5.96. The van der Waals surface area contributed by atoms with Crippen molar-refractivity contribution in [2.24, 2.45) is 0 Å². The standard InChI is InChI=1S/C14H10Cl3N3/c1-7-12(16)18-14-11(8(2)19-20(14)13(7)17)9-5-3-4-6-10(9)15/h3-6H,1-2H3. The summed E-state index contributed by atoms with van der Waals surface area (Å²) in [6.45, 7) is 3.70. The summed E-state index contributed by atoms with van der Waals surface area (Å²) in [5.74, 6) is 0. The zero-order valence-electron chi connectivity index (χ0n) is 10.8. The highest BCUT2D eigenvalue weighted by molar-refractivity contribution is 6.35. The highest BCUT2D eigenvalue weighted by Gasteiger charge is 2.19. The molecule has 0 bridgehead atoms. The lowest BCUT2D eigenvalue weighted by Gasteiger charge is -2.05. The van der Waals surface area contributed by atoms with Crippen molar-refractivity contribution in [3.05, 3.63) is 50.9 Å². The molecule has 2 heterocycles. The molecule has 3 aromatic rings. The smallest absolute Gasteiger partial charge is 0.166 e. The van der Waals surface area contributed by atoms with Crippen LogP contribution in [0.25, 0.3) is 16.8 Å². The third-order valence-electron chi connectivity index (χ3n) is 3.19. The Balaban J connectivity index is 2.43. The maximum atomic E-state index is 6.29. The van der Waals surface area contributed by atoms with Crippen LogP contribution in [0, 0.1) is 13.8 Å². The first-order valence-corrected chi connectivity index (χ1v) is 7.10. The number of halogens is 3. The molecule has 102 valence electrons. The van der Waals surface area contributed by atoms with Gasteiger partial charge in [-0.2, -0.15) is 5.10 Å². The number of fused-ring (bicyclic) bond motifs is 1. The van der Waals surface area contributed by atoms with Crippen LogP contribution in [-0.2, 0) is 0 Å². The SMILES string of the molecule is Cc1nn2c(Cl)c(C)c(Cl)nc2c1-c1ccccc1Cl. The quantitative estimate of drug-likeness (QED) is 0.591. The average molecular weight is 327 g/mol. The molecule has 0 fully saturated rings. The summed E-state index contributed by atoms with van der Waals surface area (Å²) in [5.41, 5.74) is 3.82. The Bertz CT molecular complexity index is 824. The van der Waals surface area contributed by atoms with Gasteiger partial charge in [-0.3, -0.25) is 0 Å². The number of rotatable bonds is 1. The van der Waals surface area contributed by atoms with E-state index in [1.807, 2.05) is 38.1 Å². The first-order chi connectivity index (χ1) is 9.50. The van der Waals surface area contributed by atoms with Crippen molar-refractivity contribution in [3.63, 3.8) is 0 Å². The van der Waals surface area contributed by atoms with E-state index in [0.29, 0.717) is 26.5 Å². The van der Waals surface area contributed by atoms with Crippen LogP contribution in [0.2, 0.25) is 15.3 Å². The van der Waals surface area contributed by atoms with Crippen molar-refractivity contribution in [1.29, 1.82) is 0 Å². The Hall–Kier alpha value is -1.29. The molecule has 0 amide bonds. The van der Waals surface area contributed by atoms with Gasteiger partial charge in [-0.1, -0.05) is 53.0 Å². The summed E-state index contributed by atoms with van der Waals surface area (Å²) >= 11 is 18.7. The molecular weight excluding hydrogens is 317 g/mol. The molecular formula is C14H10Cl3N3. The lowest BCUT2D eigenvalue weighted by molar-refractivity contribution is 0.908. The second kappa shape index (κ2) is 4.92. The molecule has 0 aliphatic carbocycles. The predicted molar refractivity (Wildman–Crippen MR) is 82.9 cm³/mol. The lowest BCUT2D eigenvalue weighted by Crippen LogP contribution is -1.96. The van der Waals surface area contributed by atoms with Gasteiger partial charge in [0.1, 0.15) is 10.3 Å². The lowest BCUT2D eigenvalue weighted by atomic mass is 10.1. The van der Waals surface area contributed by atoms with Gasteiger partial charge in [0.2, 0.25) is 0 Å². The second-order valence-corrected chi connectivity index (χ2v) is 5.62. The topological polar surface area (TPSA) is 30.2 Å². The largest absolute Gasteiger partial charge is 0.216 e. The van der Waals surface area contributed by atoms with Gasteiger partial charge < -0.3 is 0 Å². The molecule has 1 aromatic carbocycles. The molecule has 0 aliphatic heterocycles. The summed E-state index contributed by atoms with van der Waals surface area (Å²) < 4.78 is 1.59. The minimum absolute atomic E-state index is 0.371. The molecule has 20 heavy (non-hydrogen) atoms. The van der Waals surface area contributed by atoms with Crippen LogP contribution in [0.1, 0.15) is 11.3 Å². The fourth-order valence-electron chi connectivity index (χ4n) is 2.16. The van der Waals surface area contributed by atoms with Gasteiger partial charge in [-0.25, -0.2) is 9.50 Å². The molecule has 3 rings (SSSR count).